The number of nitrogens with zero attached hydrogens (tertiary/aromatic N) is 2. The number of amidine groups is 1. The molecule has 0 radical (unpaired) electrons. The predicted molar refractivity (Wildman–Crippen MR) is 115 cm³/mol. The second-order valence-corrected chi connectivity index (χ2v) is 10.8. The van der Waals surface area contributed by atoms with Gasteiger partial charge in [-0.1, -0.05) is 48.5 Å². The highest BCUT2D eigenvalue weighted by atomic mass is 35.5. The third-order valence-corrected chi connectivity index (χ3v) is 8.64. The van der Waals surface area contributed by atoms with Crippen LogP contribution in [0.1, 0.15) is 18.1 Å². The van der Waals surface area contributed by atoms with E-state index >= 15 is 0 Å². The van der Waals surface area contributed by atoms with Crippen LogP contribution in [0.3, 0.4) is 0 Å². The minimum Gasteiger partial charge on any atom is -0.317 e. The fourth-order valence-electron chi connectivity index (χ4n) is 3.47. The average Bonchev–Trinajstić information content (AvgIpc) is 3.14. The number of halogens is 2. The molecule has 2 aromatic carbocycles. The maximum atomic E-state index is 13.4. The number of hydrogen-bond acceptors (Lipinski definition) is 5. The zero-order chi connectivity index (χ0) is 19.9. The molecule has 148 valence electrons. The van der Waals surface area contributed by atoms with Gasteiger partial charge in [-0.15, -0.1) is 0 Å². The molecule has 2 aliphatic rings. The van der Waals surface area contributed by atoms with Gasteiger partial charge < -0.3 is 4.90 Å². The van der Waals surface area contributed by atoms with E-state index in [9.17, 15) is 12.8 Å². The van der Waals surface area contributed by atoms with Crippen LogP contribution in [0.25, 0.3) is 0 Å². The summed E-state index contributed by atoms with van der Waals surface area (Å²) in [4.78, 5) is 6.75. The minimum atomic E-state index is -3.01. The van der Waals surface area contributed by atoms with E-state index in [-0.39, 0.29) is 28.6 Å². The molecule has 0 spiro atoms. The first-order chi connectivity index (χ1) is 13.3. The Labute approximate surface area is 173 Å². The average molecular weight is 439 g/mol. The van der Waals surface area contributed by atoms with Crippen LogP contribution in [0.2, 0.25) is 5.02 Å². The summed E-state index contributed by atoms with van der Waals surface area (Å²) in [5.74, 6) is -0.108. The lowest BCUT2D eigenvalue weighted by atomic mass is 10.1. The van der Waals surface area contributed by atoms with Crippen molar-refractivity contribution in [1.82, 2.24) is 0 Å². The number of aliphatic imine (C=N–C) groups is 1. The molecule has 4 nitrogen and oxygen atoms in total. The normalized spacial score (nSPS) is 22.8. The molecule has 2 aromatic rings. The summed E-state index contributed by atoms with van der Waals surface area (Å²) in [6, 6.07) is 12.4. The molecule has 8 heteroatoms. The first kappa shape index (κ1) is 19.7. The Morgan fingerprint density at radius 3 is 2.61 bits per heavy atom. The van der Waals surface area contributed by atoms with Crippen molar-refractivity contribution in [3.8, 4) is 0 Å². The topological polar surface area (TPSA) is 49.7 Å². The van der Waals surface area contributed by atoms with Gasteiger partial charge in [0.05, 0.1) is 24.1 Å². The molecule has 0 saturated carbocycles. The van der Waals surface area contributed by atoms with Gasteiger partial charge in [-0.2, -0.15) is 0 Å². The number of hydrogen-bond donors (Lipinski definition) is 0. The molecule has 0 N–H and O–H groups in total. The number of benzene rings is 2. The van der Waals surface area contributed by atoms with Gasteiger partial charge in [0.2, 0.25) is 0 Å². The molecule has 4 rings (SSSR count). The monoisotopic (exact) mass is 438 g/mol. The Balaban J connectivity index is 1.67. The van der Waals surface area contributed by atoms with Crippen molar-refractivity contribution in [2.24, 2.45) is 4.99 Å². The number of anilines is 1. The lowest BCUT2D eigenvalue weighted by Crippen LogP contribution is -2.28. The van der Waals surface area contributed by atoms with E-state index in [1.807, 2.05) is 17.0 Å². The highest BCUT2D eigenvalue weighted by Crippen LogP contribution is 2.37. The van der Waals surface area contributed by atoms with Crippen molar-refractivity contribution in [2.75, 3.05) is 16.4 Å². The van der Waals surface area contributed by atoms with Crippen LogP contribution in [-0.4, -0.2) is 36.4 Å². The second kappa shape index (κ2) is 7.69. The van der Waals surface area contributed by atoms with Crippen LogP contribution in [0, 0.1) is 5.82 Å². The van der Waals surface area contributed by atoms with E-state index in [1.54, 1.807) is 6.07 Å². The van der Waals surface area contributed by atoms with Gasteiger partial charge in [0.15, 0.2) is 15.0 Å². The van der Waals surface area contributed by atoms with Gasteiger partial charge in [0.25, 0.3) is 0 Å². The molecule has 2 aliphatic heterocycles. The molecule has 1 fully saturated rings. The molecule has 0 bridgehead atoms. The Morgan fingerprint density at radius 1 is 1.21 bits per heavy atom. The summed E-state index contributed by atoms with van der Waals surface area (Å²) in [7, 11) is -3.01. The molecular formula is C20H20ClFN2O2S2. The maximum absolute atomic E-state index is 13.4. The standard InChI is InChI=1S/C20H20ClFN2O2S2/c1-2-13-3-7-16(8-4-13)24(10-14-5-6-15(22)9-17(14)21)20-23-18-11-28(25,26)12-19(18)27-20/h3-9,18-19H,2,10-12H2,1H3/t18-,19-/m1/s1. The second-order valence-electron chi connectivity index (χ2n) is 7.05. The molecule has 1 saturated heterocycles. The third kappa shape index (κ3) is 4.07. The van der Waals surface area contributed by atoms with Crippen molar-refractivity contribution in [2.45, 2.75) is 31.2 Å². The van der Waals surface area contributed by atoms with Crippen LogP contribution >= 0.6 is 23.4 Å². The number of rotatable bonds is 4. The van der Waals surface area contributed by atoms with E-state index in [2.05, 4.69) is 19.1 Å². The van der Waals surface area contributed by atoms with E-state index in [0.717, 1.165) is 22.8 Å². The number of thioether (sulfide) groups is 1. The fraction of sp³-hybridized carbons (Fsp3) is 0.350. The number of aryl methyl sites for hydroxylation is 1. The first-order valence-electron chi connectivity index (χ1n) is 9.10. The van der Waals surface area contributed by atoms with Gasteiger partial charge in [-0.25, -0.2) is 12.8 Å². The summed E-state index contributed by atoms with van der Waals surface area (Å²) in [6.07, 6.45) is 0.946. The predicted octanol–water partition coefficient (Wildman–Crippen LogP) is 4.32. The first-order valence-corrected chi connectivity index (χ1v) is 12.2. The maximum Gasteiger partial charge on any atom is 0.164 e. The van der Waals surface area contributed by atoms with Crippen molar-refractivity contribution in [1.29, 1.82) is 0 Å². The summed E-state index contributed by atoms with van der Waals surface area (Å²) in [5, 5.41) is 1.11. The van der Waals surface area contributed by atoms with Gasteiger partial charge in [-0.05, 0) is 41.8 Å². The molecule has 2 heterocycles. The van der Waals surface area contributed by atoms with Crippen LogP contribution in [0.15, 0.2) is 47.5 Å². The van der Waals surface area contributed by atoms with Crippen molar-refractivity contribution >= 4 is 44.1 Å². The summed E-state index contributed by atoms with van der Waals surface area (Å²) in [6.45, 7) is 2.53. The lowest BCUT2D eigenvalue weighted by molar-refractivity contribution is 0.601. The van der Waals surface area contributed by atoms with Gasteiger partial charge >= 0.3 is 0 Å². The Kier molecular flexibility index (Phi) is 5.42. The van der Waals surface area contributed by atoms with Crippen molar-refractivity contribution < 1.29 is 12.8 Å². The quantitative estimate of drug-likeness (QED) is 0.713. The zero-order valence-corrected chi connectivity index (χ0v) is 17.7. The zero-order valence-electron chi connectivity index (χ0n) is 15.3. The third-order valence-electron chi connectivity index (χ3n) is 5.04. The van der Waals surface area contributed by atoms with E-state index < -0.39 is 9.84 Å². The van der Waals surface area contributed by atoms with E-state index in [4.69, 9.17) is 16.6 Å². The van der Waals surface area contributed by atoms with Gasteiger partial charge in [0, 0.05) is 16.0 Å². The highest BCUT2D eigenvalue weighted by Gasteiger charge is 2.44. The molecule has 0 aliphatic carbocycles. The van der Waals surface area contributed by atoms with Gasteiger partial charge in [0.1, 0.15) is 5.82 Å². The number of sulfone groups is 1. The molecule has 0 unspecified atom stereocenters. The largest absolute Gasteiger partial charge is 0.317 e. The van der Waals surface area contributed by atoms with Crippen LogP contribution in [0.4, 0.5) is 10.1 Å². The van der Waals surface area contributed by atoms with Crippen LogP contribution in [0.5, 0.6) is 0 Å². The van der Waals surface area contributed by atoms with Crippen LogP contribution < -0.4 is 4.90 Å². The van der Waals surface area contributed by atoms with Crippen molar-refractivity contribution in [3.63, 3.8) is 0 Å². The molecule has 0 aromatic heterocycles. The lowest BCUT2D eigenvalue weighted by Gasteiger charge is -2.25. The Hall–Kier alpha value is -1.57. The van der Waals surface area contributed by atoms with Crippen LogP contribution in [-0.2, 0) is 22.8 Å². The molecule has 28 heavy (non-hydrogen) atoms. The van der Waals surface area contributed by atoms with E-state index in [1.165, 1.54) is 29.5 Å². The summed E-state index contributed by atoms with van der Waals surface area (Å²) >= 11 is 7.76. The van der Waals surface area contributed by atoms with E-state index in [0.29, 0.717) is 11.6 Å². The minimum absolute atomic E-state index is 0.0406. The smallest absolute Gasteiger partial charge is 0.164 e. The number of fused-ring (bicyclic) bond motifs is 1. The Morgan fingerprint density at radius 2 is 1.96 bits per heavy atom. The molecule has 2 atom stereocenters. The van der Waals surface area contributed by atoms with Gasteiger partial charge in [-0.3, -0.25) is 4.99 Å². The molecular weight excluding hydrogens is 419 g/mol. The molecule has 0 amide bonds. The highest BCUT2D eigenvalue weighted by molar-refractivity contribution is 8.15. The van der Waals surface area contributed by atoms with Crippen molar-refractivity contribution in [3.05, 3.63) is 64.4 Å². The fourth-order valence-corrected chi connectivity index (χ4v) is 7.48. The summed E-state index contributed by atoms with van der Waals surface area (Å²) < 4.78 is 37.2. The SMILES string of the molecule is CCc1ccc(N(Cc2ccc(F)cc2Cl)C2=N[C@@H]3CS(=O)(=O)C[C@H]3S2)cc1. The summed E-state index contributed by atoms with van der Waals surface area (Å²) in [5.41, 5.74) is 2.97. The Bertz CT molecular complexity index is 1030.